The third-order valence-corrected chi connectivity index (χ3v) is 6.07. The van der Waals surface area contributed by atoms with Crippen LogP contribution in [-0.4, -0.2) is 25.0 Å². The van der Waals surface area contributed by atoms with Gasteiger partial charge in [-0.1, -0.05) is 35.9 Å². The second-order valence-electron chi connectivity index (χ2n) is 8.51. The summed E-state index contributed by atoms with van der Waals surface area (Å²) in [7, 11) is 1.46. The molecule has 1 heterocycles. The molecular weight excluding hydrogens is 511 g/mol. The highest BCUT2D eigenvalue weighted by atomic mass is 35.5. The van der Waals surface area contributed by atoms with Crippen molar-refractivity contribution in [2.75, 3.05) is 12.0 Å². The Morgan fingerprint density at radius 3 is 2.61 bits per heavy atom. The Kier molecular flexibility index (Phi) is 7.93. The van der Waals surface area contributed by atoms with Gasteiger partial charge in [0.1, 0.15) is 18.0 Å². The van der Waals surface area contributed by atoms with Crippen LogP contribution in [0.5, 0.6) is 11.5 Å². The van der Waals surface area contributed by atoms with Crippen molar-refractivity contribution < 1.29 is 28.2 Å². The van der Waals surface area contributed by atoms with Gasteiger partial charge in [-0.3, -0.25) is 14.9 Å². The molecule has 0 saturated carbocycles. The van der Waals surface area contributed by atoms with Gasteiger partial charge in [-0.25, -0.2) is 14.1 Å². The maximum Gasteiger partial charge on any atom is 0.335 e. The second-order valence-corrected chi connectivity index (χ2v) is 8.95. The van der Waals surface area contributed by atoms with Crippen LogP contribution in [0.25, 0.3) is 6.08 Å². The SMILES string of the molecule is C=CCc1cc(/C=C2\C(=O)NC(=O)N(c3cc(Cl)ccc3C)C2=O)cc(OC)c1OCc1cccc(F)c1. The zero-order chi connectivity index (χ0) is 27.4. The summed E-state index contributed by atoms with van der Waals surface area (Å²) < 4.78 is 25.1. The number of urea groups is 1. The van der Waals surface area contributed by atoms with Crippen molar-refractivity contribution in [2.24, 2.45) is 0 Å². The number of hydrogen-bond donors (Lipinski definition) is 1. The van der Waals surface area contributed by atoms with E-state index in [0.717, 1.165) is 4.90 Å². The summed E-state index contributed by atoms with van der Waals surface area (Å²) in [6.45, 7) is 5.60. The van der Waals surface area contributed by atoms with Gasteiger partial charge in [-0.2, -0.15) is 0 Å². The Hall–Kier alpha value is -4.43. The Bertz CT molecular complexity index is 1480. The molecule has 1 fully saturated rings. The number of halogens is 2. The normalized spacial score (nSPS) is 14.5. The molecule has 4 amide bonds. The Morgan fingerprint density at radius 1 is 1.11 bits per heavy atom. The molecule has 4 rings (SSSR count). The number of nitrogens with one attached hydrogen (secondary N) is 1. The predicted octanol–water partition coefficient (Wildman–Crippen LogP) is 5.77. The van der Waals surface area contributed by atoms with Crippen molar-refractivity contribution in [3.05, 3.63) is 106 Å². The van der Waals surface area contributed by atoms with Gasteiger partial charge < -0.3 is 9.47 Å². The van der Waals surface area contributed by atoms with Crippen LogP contribution in [0.4, 0.5) is 14.9 Å². The number of ether oxygens (including phenoxy) is 2. The van der Waals surface area contributed by atoms with E-state index >= 15 is 0 Å². The number of carbonyl (C=O) groups is 3. The molecule has 9 heteroatoms. The van der Waals surface area contributed by atoms with Crippen LogP contribution in [0.1, 0.15) is 22.3 Å². The number of imide groups is 2. The number of aryl methyl sites for hydroxylation is 1. The smallest absolute Gasteiger partial charge is 0.335 e. The molecule has 0 unspecified atom stereocenters. The van der Waals surface area contributed by atoms with Crippen molar-refractivity contribution in [3.63, 3.8) is 0 Å². The summed E-state index contributed by atoms with van der Waals surface area (Å²) in [6, 6.07) is 13.3. The van der Waals surface area contributed by atoms with E-state index in [2.05, 4.69) is 11.9 Å². The Labute approximate surface area is 224 Å². The van der Waals surface area contributed by atoms with Crippen molar-refractivity contribution in [1.29, 1.82) is 0 Å². The monoisotopic (exact) mass is 534 g/mol. The first-order valence-electron chi connectivity index (χ1n) is 11.6. The van der Waals surface area contributed by atoms with Crippen LogP contribution in [0, 0.1) is 12.7 Å². The van der Waals surface area contributed by atoms with E-state index in [4.69, 9.17) is 21.1 Å². The van der Waals surface area contributed by atoms with Crippen LogP contribution >= 0.6 is 11.6 Å². The molecule has 0 atom stereocenters. The van der Waals surface area contributed by atoms with Crippen molar-refractivity contribution in [2.45, 2.75) is 20.0 Å². The number of carbonyl (C=O) groups excluding carboxylic acids is 3. The van der Waals surface area contributed by atoms with Crippen LogP contribution in [0.15, 0.2) is 72.8 Å². The summed E-state index contributed by atoms with van der Waals surface area (Å²) in [5, 5.41) is 2.55. The summed E-state index contributed by atoms with van der Waals surface area (Å²) in [4.78, 5) is 39.5. The highest BCUT2D eigenvalue weighted by Gasteiger charge is 2.37. The fraction of sp³-hybridized carbons (Fsp3) is 0.138. The molecule has 0 radical (unpaired) electrons. The summed E-state index contributed by atoms with van der Waals surface area (Å²) in [6.07, 6.45) is 3.43. The molecule has 1 aliphatic rings. The topological polar surface area (TPSA) is 84.9 Å². The lowest BCUT2D eigenvalue weighted by atomic mass is 10.0. The number of nitrogens with zero attached hydrogens (tertiary/aromatic N) is 1. The van der Waals surface area contributed by atoms with Gasteiger partial charge in [-0.15, -0.1) is 6.58 Å². The molecule has 0 spiro atoms. The molecule has 194 valence electrons. The number of amides is 4. The molecule has 1 saturated heterocycles. The van der Waals surface area contributed by atoms with Crippen LogP contribution < -0.4 is 19.7 Å². The predicted molar refractivity (Wildman–Crippen MR) is 143 cm³/mol. The molecule has 0 aliphatic carbocycles. The van der Waals surface area contributed by atoms with E-state index in [1.165, 1.54) is 31.4 Å². The van der Waals surface area contributed by atoms with Gasteiger partial charge in [0.25, 0.3) is 11.8 Å². The molecular formula is C29H24ClFN2O5. The average Bonchev–Trinajstić information content (AvgIpc) is 2.87. The number of barbiturate groups is 1. The lowest BCUT2D eigenvalue weighted by Gasteiger charge is -2.27. The zero-order valence-electron chi connectivity index (χ0n) is 20.7. The molecule has 7 nitrogen and oxygen atoms in total. The third kappa shape index (κ3) is 5.60. The van der Waals surface area contributed by atoms with Crippen molar-refractivity contribution in [3.8, 4) is 11.5 Å². The Balaban J connectivity index is 1.72. The highest BCUT2D eigenvalue weighted by molar-refractivity contribution is 6.39. The van der Waals surface area contributed by atoms with E-state index in [9.17, 15) is 18.8 Å². The highest BCUT2D eigenvalue weighted by Crippen LogP contribution is 2.36. The first-order valence-corrected chi connectivity index (χ1v) is 12.0. The van der Waals surface area contributed by atoms with Crippen LogP contribution in [-0.2, 0) is 22.6 Å². The summed E-state index contributed by atoms with van der Waals surface area (Å²) >= 11 is 6.09. The number of benzene rings is 3. The van der Waals surface area contributed by atoms with E-state index in [1.54, 1.807) is 49.4 Å². The molecule has 3 aromatic rings. The van der Waals surface area contributed by atoms with Crippen LogP contribution in [0.3, 0.4) is 0 Å². The average molecular weight is 535 g/mol. The maximum absolute atomic E-state index is 13.6. The number of methoxy groups -OCH3 is 1. The minimum atomic E-state index is -0.867. The van der Waals surface area contributed by atoms with E-state index in [-0.39, 0.29) is 23.7 Å². The number of rotatable bonds is 8. The standard InChI is InChI=1S/C29H24ClFN2O5/c1-4-6-20-11-19(14-25(37-3)26(20)38-16-18-7-5-8-22(31)12-18)13-23-27(34)32-29(36)33(28(23)35)24-15-21(30)10-9-17(24)2/h4-5,7-15H,1,6,16H2,2-3H3,(H,32,34,36)/b23-13+. The van der Waals surface area contributed by atoms with E-state index in [1.807, 2.05) is 0 Å². The Morgan fingerprint density at radius 2 is 1.89 bits per heavy atom. The molecule has 0 aromatic heterocycles. The van der Waals surface area contributed by atoms with Crippen molar-refractivity contribution in [1.82, 2.24) is 5.32 Å². The molecule has 3 aromatic carbocycles. The van der Waals surface area contributed by atoms with E-state index in [0.29, 0.717) is 45.2 Å². The first kappa shape index (κ1) is 26.6. The van der Waals surface area contributed by atoms with Gasteiger partial charge in [-0.05, 0) is 72.5 Å². The summed E-state index contributed by atoms with van der Waals surface area (Å²) in [5.41, 5.74) is 2.42. The van der Waals surface area contributed by atoms with Gasteiger partial charge >= 0.3 is 6.03 Å². The minimum Gasteiger partial charge on any atom is -0.493 e. The van der Waals surface area contributed by atoms with Crippen molar-refractivity contribution >= 4 is 41.2 Å². The van der Waals surface area contributed by atoms with Gasteiger partial charge in [0.05, 0.1) is 12.8 Å². The van der Waals surface area contributed by atoms with Gasteiger partial charge in [0.15, 0.2) is 11.5 Å². The fourth-order valence-electron chi connectivity index (χ4n) is 4.04. The van der Waals surface area contributed by atoms with Gasteiger partial charge in [0, 0.05) is 10.6 Å². The molecule has 0 bridgehead atoms. The first-order chi connectivity index (χ1) is 18.2. The fourth-order valence-corrected chi connectivity index (χ4v) is 4.20. The van der Waals surface area contributed by atoms with Gasteiger partial charge in [0.2, 0.25) is 0 Å². The quantitative estimate of drug-likeness (QED) is 0.225. The number of hydrogen-bond acceptors (Lipinski definition) is 5. The number of allylic oxidation sites excluding steroid dienone is 1. The lowest BCUT2D eigenvalue weighted by Crippen LogP contribution is -2.54. The molecule has 38 heavy (non-hydrogen) atoms. The lowest BCUT2D eigenvalue weighted by molar-refractivity contribution is -0.122. The van der Waals surface area contributed by atoms with Crippen LogP contribution in [0.2, 0.25) is 5.02 Å². The second kappa shape index (κ2) is 11.3. The maximum atomic E-state index is 13.6. The zero-order valence-corrected chi connectivity index (χ0v) is 21.5. The summed E-state index contributed by atoms with van der Waals surface area (Å²) in [5.74, 6) is -1.23. The van der Waals surface area contributed by atoms with E-state index < -0.39 is 17.8 Å². The third-order valence-electron chi connectivity index (χ3n) is 5.84. The largest absolute Gasteiger partial charge is 0.493 e. The number of anilines is 1. The molecule has 1 aliphatic heterocycles. The molecule has 1 N–H and O–H groups in total. The minimum absolute atomic E-state index is 0.0929.